The minimum absolute atomic E-state index is 0.175. The fourth-order valence-corrected chi connectivity index (χ4v) is 1.32. The molecule has 0 fully saturated rings. The van der Waals surface area contributed by atoms with Crippen LogP contribution in [0.4, 0.5) is 5.69 Å². The summed E-state index contributed by atoms with van der Waals surface area (Å²) in [5, 5.41) is 8.79. The maximum Gasteiger partial charge on any atom is 0.326 e. The average molecular weight is 236 g/mol. The van der Waals surface area contributed by atoms with Crippen LogP contribution in [-0.4, -0.2) is 35.0 Å². The predicted octanol–water partition coefficient (Wildman–Crippen LogP) is 0.743. The summed E-state index contributed by atoms with van der Waals surface area (Å²) in [5.41, 5.74) is 6.98. The molecule has 92 valence electrons. The highest BCUT2D eigenvalue weighted by Gasteiger charge is 2.21. The van der Waals surface area contributed by atoms with Crippen LogP contribution in [0.3, 0.4) is 0 Å². The Kier molecular flexibility index (Phi) is 4.09. The molecule has 3 N–H and O–H groups in total. The normalized spacial score (nSPS) is 11.9. The lowest BCUT2D eigenvalue weighted by molar-refractivity contribution is -0.147. The van der Waals surface area contributed by atoms with Crippen LogP contribution >= 0.6 is 0 Å². The van der Waals surface area contributed by atoms with Crippen molar-refractivity contribution in [2.75, 3.05) is 12.8 Å². The van der Waals surface area contributed by atoms with Crippen molar-refractivity contribution >= 4 is 17.6 Å². The molecular formula is C12H16N2O3. The van der Waals surface area contributed by atoms with Crippen LogP contribution in [-0.2, 0) is 16.0 Å². The Hall–Kier alpha value is -2.04. The van der Waals surface area contributed by atoms with Gasteiger partial charge < -0.3 is 15.7 Å². The SMILES string of the molecule is CC(C(=O)O)N(C)C(=O)Cc1ccc(N)cc1. The number of hydrogen-bond donors (Lipinski definition) is 2. The van der Waals surface area contributed by atoms with Crippen molar-refractivity contribution < 1.29 is 14.7 Å². The first-order valence-electron chi connectivity index (χ1n) is 5.24. The van der Waals surface area contributed by atoms with Gasteiger partial charge >= 0.3 is 5.97 Å². The molecule has 1 atom stereocenters. The topological polar surface area (TPSA) is 83.6 Å². The van der Waals surface area contributed by atoms with Gasteiger partial charge in [0.25, 0.3) is 0 Å². The molecule has 1 aromatic rings. The fourth-order valence-electron chi connectivity index (χ4n) is 1.32. The molecule has 1 amide bonds. The molecule has 0 heterocycles. The number of likely N-dealkylation sites (N-methyl/N-ethyl adjacent to an activating group) is 1. The Morgan fingerprint density at radius 1 is 1.35 bits per heavy atom. The Morgan fingerprint density at radius 3 is 2.35 bits per heavy atom. The van der Waals surface area contributed by atoms with E-state index in [2.05, 4.69) is 0 Å². The lowest BCUT2D eigenvalue weighted by Gasteiger charge is -2.21. The maximum absolute atomic E-state index is 11.8. The molecule has 1 unspecified atom stereocenters. The van der Waals surface area contributed by atoms with E-state index >= 15 is 0 Å². The second-order valence-electron chi connectivity index (χ2n) is 3.94. The zero-order valence-corrected chi connectivity index (χ0v) is 9.88. The number of anilines is 1. The first kappa shape index (κ1) is 13.0. The van der Waals surface area contributed by atoms with Crippen LogP contribution < -0.4 is 5.73 Å². The number of nitrogens with zero attached hydrogens (tertiary/aromatic N) is 1. The van der Waals surface area contributed by atoms with Crippen molar-refractivity contribution in [2.24, 2.45) is 0 Å². The number of carboxylic acid groups (broad SMARTS) is 1. The highest BCUT2D eigenvalue weighted by atomic mass is 16.4. The van der Waals surface area contributed by atoms with Crippen LogP contribution in [0.5, 0.6) is 0 Å². The molecule has 0 saturated carbocycles. The van der Waals surface area contributed by atoms with Crippen molar-refractivity contribution in [3.63, 3.8) is 0 Å². The first-order valence-corrected chi connectivity index (χ1v) is 5.24. The molecule has 0 bridgehead atoms. The van der Waals surface area contributed by atoms with Gasteiger partial charge in [0.05, 0.1) is 6.42 Å². The van der Waals surface area contributed by atoms with E-state index in [1.54, 1.807) is 24.3 Å². The molecule has 1 rings (SSSR count). The van der Waals surface area contributed by atoms with E-state index in [4.69, 9.17) is 10.8 Å². The Bertz CT molecular complexity index is 414. The van der Waals surface area contributed by atoms with E-state index in [0.29, 0.717) is 5.69 Å². The van der Waals surface area contributed by atoms with E-state index in [1.165, 1.54) is 18.9 Å². The molecule has 0 aromatic heterocycles. The van der Waals surface area contributed by atoms with Gasteiger partial charge in [-0.3, -0.25) is 4.79 Å². The van der Waals surface area contributed by atoms with Gasteiger partial charge in [-0.15, -0.1) is 0 Å². The van der Waals surface area contributed by atoms with E-state index in [-0.39, 0.29) is 12.3 Å². The summed E-state index contributed by atoms with van der Waals surface area (Å²) in [6, 6.07) is 6.11. The van der Waals surface area contributed by atoms with Gasteiger partial charge in [0.2, 0.25) is 5.91 Å². The third-order valence-electron chi connectivity index (χ3n) is 2.67. The van der Waals surface area contributed by atoms with Crippen molar-refractivity contribution in [2.45, 2.75) is 19.4 Å². The third-order valence-corrected chi connectivity index (χ3v) is 2.67. The zero-order valence-electron chi connectivity index (χ0n) is 9.88. The van der Waals surface area contributed by atoms with Crippen LogP contribution in [0.25, 0.3) is 0 Å². The summed E-state index contributed by atoms with van der Waals surface area (Å²) in [4.78, 5) is 23.7. The Balaban J connectivity index is 2.66. The fraction of sp³-hybridized carbons (Fsp3) is 0.333. The molecule has 0 aliphatic carbocycles. The van der Waals surface area contributed by atoms with Crippen LogP contribution in [0.1, 0.15) is 12.5 Å². The van der Waals surface area contributed by atoms with Gasteiger partial charge in [0, 0.05) is 12.7 Å². The maximum atomic E-state index is 11.8. The number of nitrogens with two attached hydrogens (primary N) is 1. The van der Waals surface area contributed by atoms with Crippen LogP contribution in [0.2, 0.25) is 0 Å². The number of carbonyl (C=O) groups excluding carboxylic acids is 1. The Labute approximate surface area is 99.8 Å². The second kappa shape index (κ2) is 5.34. The van der Waals surface area contributed by atoms with E-state index in [0.717, 1.165) is 5.56 Å². The standard InChI is InChI=1S/C12H16N2O3/c1-8(12(16)17)14(2)11(15)7-9-3-5-10(13)6-4-9/h3-6,8H,7,13H2,1-2H3,(H,16,17). The minimum atomic E-state index is -1.02. The highest BCUT2D eigenvalue weighted by Crippen LogP contribution is 2.08. The molecule has 1 aromatic carbocycles. The largest absolute Gasteiger partial charge is 0.480 e. The van der Waals surface area contributed by atoms with Crippen molar-refractivity contribution in [1.82, 2.24) is 4.90 Å². The monoisotopic (exact) mass is 236 g/mol. The summed E-state index contributed by atoms with van der Waals surface area (Å²) >= 11 is 0. The summed E-state index contributed by atoms with van der Waals surface area (Å²) in [6.07, 6.45) is 0.175. The highest BCUT2D eigenvalue weighted by molar-refractivity contribution is 5.84. The minimum Gasteiger partial charge on any atom is -0.480 e. The molecule has 0 aliphatic heterocycles. The summed E-state index contributed by atoms with van der Waals surface area (Å²) < 4.78 is 0. The molecule has 0 spiro atoms. The van der Waals surface area contributed by atoms with E-state index in [1.807, 2.05) is 0 Å². The number of rotatable bonds is 4. The molecule has 5 nitrogen and oxygen atoms in total. The lowest BCUT2D eigenvalue weighted by Crippen LogP contribution is -2.41. The number of aliphatic carboxylic acids is 1. The summed E-state index contributed by atoms with van der Waals surface area (Å²) in [7, 11) is 1.48. The van der Waals surface area contributed by atoms with E-state index in [9.17, 15) is 9.59 Å². The zero-order chi connectivity index (χ0) is 13.0. The summed E-state index contributed by atoms with van der Waals surface area (Å²) in [6.45, 7) is 1.48. The van der Waals surface area contributed by atoms with Gasteiger partial charge in [-0.05, 0) is 24.6 Å². The van der Waals surface area contributed by atoms with Crippen molar-refractivity contribution in [1.29, 1.82) is 0 Å². The van der Waals surface area contributed by atoms with Crippen molar-refractivity contribution in [3.05, 3.63) is 29.8 Å². The Morgan fingerprint density at radius 2 is 1.88 bits per heavy atom. The number of nitrogen functional groups attached to an aromatic ring is 1. The number of amides is 1. The van der Waals surface area contributed by atoms with Gasteiger partial charge in [-0.1, -0.05) is 12.1 Å². The molecule has 17 heavy (non-hydrogen) atoms. The third kappa shape index (κ3) is 3.48. The number of carbonyl (C=O) groups is 2. The van der Waals surface area contributed by atoms with Gasteiger partial charge in [0.15, 0.2) is 0 Å². The second-order valence-corrected chi connectivity index (χ2v) is 3.94. The lowest BCUT2D eigenvalue weighted by atomic mass is 10.1. The number of carboxylic acids is 1. The van der Waals surface area contributed by atoms with Gasteiger partial charge in [-0.2, -0.15) is 0 Å². The molecule has 0 saturated heterocycles. The molecule has 0 radical (unpaired) electrons. The summed E-state index contributed by atoms with van der Waals surface area (Å²) in [5.74, 6) is -1.25. The van der Waals surface area contributed by atoms with Crippen LogP contribution in [0.15, 0.2) is 24.3 Å². The molecule has 0 aliphatic rings. The van der Waals surface area contributed by atoms with Gasteiger partial charge in [0.1, 0.15) is 6.04 Å². The molecule has 5 heteroatoms. The van der Waals surface area contributed by atoms with E-state index < -0.39 is 12.0 Å². The van der Waals surface area contributed by atoms with Gasteiger partial charge in [-0.25, -0.2) is 4.79 Å². The smallest absolute Gasteiger partial charge is 0.326 e. The van der Waals surface area contributed by atoms with Crippen LogP contribution in [0, 0.1) is 0 Å². The average Bonchev–Trinajstić information content (AvgIpc) is 2.30. The van der Waals surface area contributed by atoms with Crippen molar-refractivity contribution in [3.8, 4) is 0 Å². The quantitative estimate of drug-likeness (QED) is 0.755. The predicted molar refractivity (Wildman–Crippen MR) is 64.4 cm³/mol. The first-order chi connectivity index (χ1) is 7.91. The number of benzene rings is 1. The number of hydrogen-bond acceptors (Lipinski definition) is 3. The molecular weight excluding hydrogens is 220 g/mol.